The molecule has 0 saturated carbocycles. The first-order valence-electron chi connectivity index (χ1n) is 7.97. The molecular formula is C19H14FN3O2S. The highest BCUT2D eigenvalue weighted by atomic mass is 32.2. The summed E-state index contributed by atoms with van der Waals surface area (Å²) < 4.78 is 18.8. The third kappa shape index (κ3) is 3.25. The number of nitrogens with zero attached hydrogens (tertiary/aromatic N) is 2. The molecule has 0 amide bonds. The molecule has 5 nitrogen and oxygen atoms in total. The molecule has 130 valence electrons. The van der Waals surface area contributed by atoms with Gasteiger partial charge in [-0.2, -0.15) is 0 Å². The van der Waals surface area contributed by atoms with Gasteiger partial charge in [0.2, 0.25) is 0 Å². The van der Waals surface area contributed by atoms with Crippen molar-refractivity contribution in [2.45, 2.75) is 17.4 Å². The molecule has 7 heteroatoms. The lowest BCUT2D eigenvalue weighted by atomic mass is 10.2. The van der Waals surface area contributed by atoms with Crippen molar-refractivity contribution >= 4 is 22.7 Å². The Hall–Kier alpha value is -2.93. The Balaban J connectivity index is 1.58. The summed E-state index contributed by atoms with van der Waals surface area (Å²) in [4.78, 5) is 23.8. The van der Waals surface area contributed by atoms with Crippen LogP contribution in [0.2, 0.25) is 0 Å². The van der Waals surface area contributed by atoms with Crippen LogP contribution >= 0.6 is 11.8 Å². The van der Waals surface area contributed by atoms with Gasteiger partial charge in [-0.3, -0.25) is 4.79 Å². The summed E-state index contributed by atoms with van der Waals surface area (Å²) in [5, 5.41) is 0.850. The van der Waals surface area contributed by atoms with E-state index in [2.05, 4.69) is 15.0 Å². The smallest absolute Gasteiger partial charge is 0.258 e. The van der Waals surface area contributed by atoms with Crippen molar-refractivity contribution in [2.24, 2.45) is 0 Å². The van der Waals surface area contributed by atoms with Gasteiger partial charge >= 0.3 is 0 Å². The van der Waals surface area contributed by atoms with Gasteiger partial charge in [-0.25, -0.2) is 14.4 Å². The SMILES string of the molecule is C[C@H](Sc1ncc(-c2ccc(F)cc2)o1)c1nc2ccccc2c(=O)[nH]1. The predicted octanol–water partition coefficient (Wildman–Crippen LogP) is 4.57. The molecule has 0 unspecified atom stereocenters. The monoisotopic (exact) mass is 367 g/mol. The van der Waals surface area contributed by atoms with E-state index in [4.69, 9.17) is 4.42 Å². The molecule has 4 aromatic rings. The van der Waals surface area contributed by atoms with E-state index < -0.39 is 0 Å². The van der Waals surface area contributed by atoms with E-state index in [1.54, 1.807) is 30.5 Å². The molecular weight excluding hydrogens is 353 g/mol. The zero-order valence-corrected chi connectivity index (χ0v) is 14.6. The van der Waals surface area contributed by atoms with Gasteiger partial charge < -0.3 is 9.40 Å². The maximum Gasteiger partial charge on any atom is 0.258 e. The summed E-state index contributed by atoms with van der Waals surface area (Å²) >= 11 is 1.35. The maximum absolute atomic E-state index is 13.0. The van der Waals surface area contributed by atoms with Crippen molar-refractivity contribution in [3.8, 4) is 11.3 Å². The first-order chi connectivity index (χ1) is 12.6. The average molecular weight is 367 g/mol. The minimum Gasteiger partial charge on any atom is -0.431 e. The molecule has 4 rings (SSSR count). The number of nitrogens with one attached hydrogen (secondary N) is 1. The maximum atomic E-state index is 13.0. The molecule has 26 heavy (non-hydrogen) atoms. The second-order valence-corrected chi connectivity index (χ2v) is 7.02. The van der Waals surface area contributed by atoms with Gasteiger partial charge in [0.1, 0.15) is 11.6 Å². The third-order valence-electron chi connectivity index (χ3n) is 3.91. The number of hydrogen-bond acceptors (Lipinski definition) is 5. The van der Waals surface area contributed by atoms with Crippen molar-refractivity contribution < 1.29 is 8.81 Å². The van der Waals surface area contributed by atoms with Crippen molar-refractivity contribution in [1.82, 2.24) is 15.0 Å². The Morgan fingerprint density at radius 3 is 2.73 bits per heavy atom. The van der Waals surface area contributed by atoms with Crippen molar-refractivity contribution in [2.75, 3.05) is 0 Å². The Kier molecular flexibility index (Phi) is 4.30. The molecule has 0 saturated heterocycles. The molecule has 0 radical (unpaired) electrons. The molecule has 0 aliphatic rings. The molecule has 0 aliphatic heterocycles. The Morgan fingerprint density at radius 1 is 1.15 bits per heavy atom. The molecule has 0 fully saturated rings. The van der Waals surface area contributed by atoms with Crippen LogP contribution in [0.25, 0.3) is 22.2 Å². The number of fused-ring (bicyclic) bond motifs is 1. The number of H-pyrrole nitrogens is 1. The normalized spacial score (nSPS) is 12.4. The number of benzene rings is 2. The van der Waals surface area contributed by atoms with Gasteiger partial charge in [-0.15, -0.1) is 0 Å². The Bertz CT molecular complexity index is 1120. The number of hydrogen-bond donors (Lipinski definition) is 1. The molecule has 0 spiro atoms. The summed E-state index contributed by atoms with van der Waals surface area (Å²) in [6.45, 7) is 1.92. The van der Waals surface area contributed by atoms with E-state index in [0.717, 1.165) is 5.56 Å². The van der Waals surface area contributed by atoms with Crippen LogP contribution in [0.3, 0.4) is 0 Å². The largest absolute Gasteiger partial charge is 0.431 e. The van der Waals surface area contributed by atoms with Gasteiger partial charge in [-0.1, -0.05) is 23.9 Å². The number of para-hydroxylation sites is 1. The first-order valence-corrected chi connectivity index (χ1v) is 8.85. The summed E-state index contributed by atoms with van der Waals surface area (Å²) in [6.07, 6.45) is 1.60. The van der Waals surface area contributed by atoms with E-state index in [1.165, 1.54) is 23.9 Å². The van der Waals surface area contributed by atoms with E-state index in [-0.39, 0.29) is 16.6 Å². The van der Waals surface area contributed by atoms with E-state index in [9.17, 15) is 9.18 Å². The topological polar surface area (TPSA) is 71.8 Å². The summed E-state index contributed by atoms with van der Waals surface area (Å²) in [5.41, 5.74) is 1.23. The summed E-state index contributed by atoms with van der Waals surface area (Å²) in [7, 11) is 0. The number of aromatic amines is 1. The van der Waals surface area contributed by atoms with Gasteiger partial charge in [0.15, 0.2) is 5.76 Å². The molecule has 1 N–H and O–H groups in total. The number of thioether (sulfide) groups is 1. The van der Waals surface area contributed by atoms with Gasteiger partial charge in [0.25, 0.3) is 10.8 Å². The molecule has 2 aromatic heterocycles. The van der Waals surface area contributed by atoms with Gasteiger partial charge in [0, 0.05) is 5.56 Å². The lowest BCUT2D eigenvalue weighted by molar-refractivity contribution is 0.465. The van der Waals surface area contributed by atoms with E-state index in [1.807, 2.05) is 19.1 Å². The van der Waals surface area contributed by atoms with Crippen LogP contribution < -0.4 is 5.56 Å². The third-order valence-corrected chi connectivity index (χ3v) is 4.87. The van der Waals surface area contributed by atoms with Gasteiger partial charge in [-0.05, 0) is 43.3 Å². The Labute approximate surface area is 152 Å². The van der Waals surface area contributed by atoms with Crippen LogP contribution in [0.1, 0.15) is 18.0 Å². The second kappa shape index (κ2) is 6.76. The summed E-state index contributed by atoms with van der Waals surface area (Å²) in [5.74, 6) is 0.808. The first kappa shape index (κ1) is 16.5. The standard InChI is InChI=1S/C19H14FN3O2S/c1-11(17-22-15-5-3-2-4-14(15)18(24)23-17)26-19-21-10-16(25-19)12-6-8-13(20)9-7-12/h2-11H,1H3,(H,22,23,24)/t11-/m0/s1. The predicted molar refractivity (Wildman–Crippen MR) is 98.5 cm³/mol. The molecule has 1 atom stereocenters. The van der Waals surface area contributed by atoms with Crippen molar-refractivity contribution in [3.63, 3.8) is 0 Å². The molecule has 2 heterocycles. The zero-order chi connectivity index (χ0) is 18.1. The van der Waals surface area contributed by atoms with Crippen molar-refractivity contribution in [3.05, 3.63) is 76.7 Å². The Morgan fingerprint density at radius 2 is 1.92 bits per heavy atom. The molecule has 0 aliphatic carbocycles. The number of aromatic nitrogens is 3. The van der Waals surface area contributed by atoms with Gasteiger partial charge in [0.05, 0.1) is 22.3 Å². The van der Waals surface area contributed by atoms with Crippen LogP contribution in [0, 0.1) is 5.82 Å². The van der Waals surface area contributed by atoms with Crippen LogP contribution in [0.4, 0.5) is 4.39 Å². The van der Waals surface area contributed by atoms with E-state index in [0.29, 0.717) is 27.7 Å². The second-order valence-electron chi connectivity index (χ2n) is 5.73. The highest BCUT2D eigenvalue weighted by Crippen LogP contribution is 2.34. The lowest BCUT2D eigenvalue weighted by Gasteiger charge is -2.08. The minimum absolute atomic E-state index is 0.160. The zero-order valence-electron chi connectivity index (χ0n) is 13.8. The van der Waals surface area contributed by atoms with Crippen LogP contribution in [-0.2, 0) is 0 Å². The highest BCUT2D eigenvalue weighted by Gasteiger charge is 2.16. The number of oxazole rings is 1. The fourth-order valence-electron chi connectivity index (χ4n) is 2.56. The number of halogens is 1. The minimum atomic E-state index is -0.303. The lowest BCUT2D eigenvalue weighted by Crippen LogP contribution is -2.12. The molecule has 2 aromatic carbocycles. The quantitative estimate of drug-likeness (QED) is 0.535. The highest BCUT2D eigenvalue weighted by molar-refractivity contribution is 7.99. The van der Waals surface area contributed by atoms with Crippen LogP contribution in [0.15, 0.2) is 69.2 Å². The fourth-order valence-corrected chi connectivity index (χ4v) is 3.34. The van der Waals surface area contributed by atoms with E-state index >= 15 is 0 Å². The average Bonchev–Trinajstić information content (AvgIpc) is 3.10. The van der Waals surface area contributed by atoms with Crippen LogP contribution in [-0.4, -0.2) is 15.0 Å². The van der Waals surface area contributed by atoms with Crippen molar-refractivity contribution in [1.29, 1.82) is 0 Å². The van der Waals surface area contributed by atoms with Crippen LogP contribution in [0.5, 0.6) is 0 Å². The molecule has 0 bridgehead atoms. The fraction of sp³-hybridized carbons (Fsp3) is 0.105. The number of rotatable bonds is 4. The summed E-state index contributed by atoms with van der Waals surface area (Å²) in [6, 6.07) is 13.2.